The Morgan fingerprint density at radius 1 is 0.667 bits per heavy atom. The Hall–Kier alpha value is -1.65. The normalized spacial score (nSPS) is 4.95. The summed E-state index contributed by atoms with van der Waals surface area (Å²) in [6.07, 6.45) is 5.81. The number of unbranched alkanes of at least 4 members (excludes halogenated alkanes) is 4. The molecule has 0 rings (SSSR count). The summed E-state index contributed by atoms with van der Waals surface area (Å²) in [7, 11) is 0. The Kier molecular flexibility index (Phi) is 279. The largest absolute Gasteiger partial charge is 0.307 e. The van der Waals surface area contributed by atoms with Gasteiger partial charge in [0.2, 0.25) is 0 Å². The van der Waals surface area contributed by atoms with E-state index >= 15 is 0 Å². The molecular weight excluding hydrogens is 444 g/mol. The van der Waals surface area contributed by atoms with Gasteiger partial charge in [-0.25, -0.2) is 0 Å². The van der Waals surface area contributed by atoms with Gasteiger partial charge in [0.25, 0.3) is 0 Å². The van der Waals surface area contributed by atoms with Crippen LogP contribution in [-0.4, -0.2) is 27.2 Å². The molecule has 0 radical (unpaired) electrons. The van der Waals surface area contributed by atoms with E-state index in [4.69, 9.17) is 29.7 Å². The Labute approximate surface area is 142 Å². The molecule has 0 saturated carbocycles. The zero-order valence-corrected chi connectivity index (χ0v) is 15.9. The van der Waals surface area contributed by atoms with Crippen LogP contribution in [0.15, 0.2) is 0 Å². The maximum absolute atomic E-state index is 8.00. The third kappa shape index (κ3) is 259. The first-order chi connectivity index (χ1) is 9.83. The maximum Gasteiger partial charge on any atom is 0.106 e. The second-order valence-corrected chi connectivity index (χ2v) is 2.52. The van der Waals surface area contributed by atoms with E-state index in [1.54, 1.807) is 0 Å². The predicted octanol–water partition coefficient (Wildman–Crippen LogP) is 2.66. The summed E-state index contributed by atoms with van der Waals surface area (Å²) >= 11 is 0. The fourth-order valence-corrected chi connectivity index (χ4v) is 0.512. The number of rotatable bonds is 4. The Balaban J connectivity index is -0.0000000246. The van der Waals surface area contributed by atoms with E-state index in [2.05, 4.69) is 26.0 Å². The molecule has 0 N–H and O–H groups in total. The molecule has 0 atom stereocenters. The van der Waals surface area contributed by atoms with Crippen molar-refractivity contribution in [2.24, 2.45) is 0 Å². The van der Waals surface area contributed by atoms with Crippen LogP contribution >= 0.6 is 0 Å². The first-order valence-corrected chi connectivity index (χ1v) is 5.72. The number of hydrogen-bond acceptors (Lipinski definition) is 6. The molecule has 0 aliphatic heterocycles. The number of carbonyl (C=O) groups excluding carboxylic acids is 4. The molecule has 7 heteroatoms. The minimum Gasteiger partial charge on any atom is -0.307 e. The molecule has 6 nitrogen and oxygen atoms in total. The predicted molar refractivity (Wildman–Crippen MR) is 78.8 cm³/mol. The maximum atomic E-state index is 8.00. The third-order valence-corrected chi connectivity index (χ3v) is 1.28. The van der Waals surface area contributed by atoms with Crippen LogP contribution in [0.25, 0.3) is 0 Å². The van der Waals surface area contributed by atoms with Gasteiger partial charge in [-0.3, -0.25) is 0 Å². The van der Waals surface area contributed by atoms with Crippen LogP contribution in [-0.2, 0) is 40.2 Å². The Bertz CT molecular complexity index is 180. The molecule has 0 aromatic carbocycles. The van der Waals surface area contributed by atoms with E-state index in [9.17, 15) is 0 Å². The molecule has 0 heterocycles. The van der Waals surface area contributed by atoms with Gasteiger partial charge in [-0.15, -0.1) is 0 Å². The zero-order chi connectivity index (χ0) is 17.7. The molecule has 0 spiro atoms. The summed E-state index contributed by atoms with van der Waals surface area (Å²) in [6, 6.07) is 4.14. The van der Waals surface area contributed by atoms with Gasteiger partial charge in [0, 0.05) is 33.9 Å². The monoisotopic (exact) mass is 470 g/mol. The quantitative estimate of drug-likeness (QED) is 0.584. The van der Waals surface area contributed by atoms with Gasteiger partial charge in [0.15, 0.2) is 0 Å². The van der Waals surface area contributed by atoms with Gasteiger partial charge in [0.05, 0.1) is 12.1 Å². The van der Waals surface area contributed by atoms with Gasteiger partial charge in [-0.05, 0) is 12.8 Å². The van der Waals surface area contributed by atoms with E-state index in [-0.39, 0.29) is 21.1 Å². The fourth-order valence-electron chi connectivity index (χ4n) is 0.512. The molecule has 0 aliphatic rings. The van der Waals surface area contributed by atoms with Gasteiger partial charge in [-0.2, -0.15) is 10.5 Å². The molecule has 0 aliphatic carbocycles. The van der Waals surface area contributed by atoms with Gasteiger partial charge in [0.1, 0.15) is 27.2 Å². The van der Waals surface area contributed by atoms with Crippen molar-refractivity contribution in [3.8, 4) is 12.1 Å². The number of nitriles is 2. The molecule has 0 aromatic heterocycles. The van der Waals surface area contributed by atoms with Gasteiger partial charge in [-0.1, -0.05) is 26.7 Å². The first-order valence-electron chi connectivity index (χ1n) is 5.72. The molecule has 0 aromatic rings. The minimum atomic E-state index is 0. The van der Waals surface area contributed by atoms with Crippen molar-refractivity contribution in [2.45, 2.75) is 52.4 Å². The smallest absolute Gasteiger partial charge is 0.106 e. The van der Waals surface area contributed by atoms with Crippen molar-refractivity contribution in [2.75, 3.05) is 0 Å². The van der Waals surface area contributed by atoms with Crippen molar-refractivity contribution in [1.29, 1.82) is 10.5 Å². The van der Waals surface area contributed by atoms with E-state index in [1.165, 1.54) is 0 Å². The van der Waals surface area contributed by atoms with Crippen LogP contribution in [0, 0.1) is 22.7 Å². The third-order valence-electron chi connectivity index (χ3n) is 1.28. The van der Waals surface area contributed by atoms with Crippen molar-refractivity contribution in [3.63, 3.8) is 0 Å². The molecule has 21 heavy (non-hydrogen) atoms. The summed E-state index contributed by atoms with van der Waals surface area (Å²) in [5.74, 6) is 0. The fraction of sp³-hybridized carbons (Fsp3) is 0.571. The van der Waals surface area contributed by atoms with Crippen LogP contribution in [0.2, 0.25) is 0 Å². The number of carbonyl (C=O) groups is 4. The van der Waals surface area contributed by atoms with Crippen LogP contribution < -0.4 is 0 Å². The van der Waals surface area contributed by atoms with Gasteiger partial charge >= 0.3 is 0 Å². The summed E-state index contributed by atoms with van der Waals surface area (Å²) < 4.78 is 0. The van der Waals surface area contributed by atoms with Crippen molar-refractivity contribution in [3.05, 3.63) is 0 Å². The summed E-state index contributed by atoms with van der Waals surface area (Å²) in [4.78, 5) is 32.0. The van der Waals surface area contributed by atoms with E-state index in [0.29, 0.717) is 0 Å². The Morgan fingerprint density at radius 3 is 0.905 bits per heavy atom. The molecule has 122 valence electrons. The van der Waals surface area contributed by atoms with Crippen molar-refractivity contribution < 1.29 is 40.2 Å². The van der Waals surface area contributed by atoms with E-state index in [1.807, 2.05) is 27.2 Å². The summed E-state index contributed by atoms with van der Waals surface area (Å²) in [6.45, 7) is 12.2. The first kappa shape index (κ1) is 42.7. The van der Waals surface area contributed by atoms with Crippen LogP contribution in [0.1, 0.15) is 52.4 Å². The molecule has 0 amide bonds. The average Bonchev–Trinajstić information content (AvgIpc) is 2.59. The average molecular weight is 470 g/mol. The van der Waals surface area contributed by atoms with Crippen LogP contribution in [0.4, 0.5) is 0 Å². The van der Waals surface area contributed by atoms with Crippen LogP contribution in [0.5, 0.6) is 0 Å². The molecule has 0 bridgehead atoms. The van der Waals surface area contributed by atoms with E-state index < -0.39 is 0 Å². The zero-order valence-electron chi connectivity index (χ0n) is 13.0. The van der Waals surface area contributed by atoms with Crippen molar-refractivity contribution >= 4 is 27.2 Å². The van der Waals surface area contributed by atoms with Crippen molar-refractivity contribution in [1.82, 2.24) is 0 Å². The van der Waals surface area contributed by atoms with E-state index in [0.717, 1.165) is 38.5 Å². The minimum absolute atomic E-state index is 0. The molecular formula is C14H26N2O4W. The standard InChI is InChI=1S/2C5H9N.4CH2O.W/c2*1-2-3-4-5-6;4*1-2;/h2*2-4H2,1H3;4*1H2;. The second kappa shape index (κ2) is 137. The molecule has 0 unspecified atom stereocenters. The number of nitrogens with zero attached hydrogens (tertiary/aromatic N) is 2. The SMILES string of the molecule is C=O.C=O.C=O.C=O.CCCCC#N.CCCCC#N.[W]. The van der Waals surface area contributed by atoms with Gasteiger partial charge < -0.3 is 19.2 Å². The Morgan fingerprint density at radius 2 is 0.857 bits per heavy atom. The molecule has 0 fully saturated rings. The second-order valence-electron chi connectivity index (χ2n) is 2.52. The molecule has 0 saturated heterocycles. The van der Waals surface area contributed by atoms with Crippen LogP contribution in [0.3, 0.4) is 0 Å². The number of hydrogen-bond donors (Lipinski definition) is 0. The summed E-state index contributed by atoms with van der Waals surface area (Å²) in [5.41, 5.74) is 0. The topological polar surface area (TPSA) is 116 Å². The summed E-state index contributed by atoms with van der Waals surface area (Å²) in [5, 5.41) is 15.9.